The van der Waals surface area contributed by atoms with Gasteiger partial charge in [-0.25, -0.2) is 10.4 Å². The van der Waals surface area contributed by atoms with Gasteiger partial charge in [0.25, 0.3) is 11.5 Å². The number of para-hydroxylation sites is 1. The number of aromatic nitrogens is 2. The highest BCUT2D eigenvalue weighted by atomic mass is 16.2. The number of aryl methyl sites for hydroxylation is 1. The molecule has 0 unspecified atom stereocenters. The summed E-state index contributed by atoms with van der Waals surface area (Å²) in [5.74, 6) is 0.0748. The largest absolute Gasteiger partial charge is 0.287 e. The summed E-state index contributed by atoms with van der Waals surface area (Å²) in [6.07, 6.45) is 0. The smallest absolute Gasteiger partial charge is 0.261 e. The standard InChI is InChI=1S/C24H20N4O2/c1-17-25-21-15-9-8-14-20(21)24(30)28(17)16-22(29)26-27-23(18-10-4-2-5-11-18)19-12-6-3-7-13-19/h2-15H,16H2,1H3,(H,26,29). The maximum absolute atomic E-state index is 12.8. The third kappa shape index (κ3) is 4.03. The fraction of sp³-hybridized carbons (Fsp3) is 0.0833. The maximum atomic E-state index is 12.8. The number of amides is 1. The van der Waals surface area contributed by atoms with Gasteiger partial charge in [0, 0.05) is 11.1 Å². The topological polar surface area (TPSA) is 76.3 Å². The van der Waals surface area contributed by atoms with E-state index in [1.165, 1.54) is 4.57 Å². The number of carbonyl (C=O) groups is 1. The first-order valence-electron chi connectivity index (χ1n) is 9.57. The second-order valence-electron chi connectivity index (χ2n) is 6.79. The summed E-state index contributed by atoms with van der Waals surface area (Å²) in [5, 5.41) is 4.84. The molecule has 0 bridgehead atoms. The lowest BCUT2D eigenvalue weighted by molar-refractivity contribution is -0.121. The molecule has 0 saturated carbocycles. The SMILES string of the molecule is Cc1nc2ccccc2c(=O)n1CC(=O)NN=C(c1ccccc1)c1ccccc1. The fourth-order valence-electron chi connectivity index (χ4n) is 3.25. The number of nitrogens with zero attached hydrogens (tertiary/aromatic N) is 3. The minimum atomic E-state index is -0.401. The molecule has 6 heteroatoms. The Kier molecular flexibility index (Phi) is 5.48. The fourth-order valence-corrected chi connectivity index (χ4v) is 3.25. The molecular weight excluding hydrogens is 376 g/mol. The van der Waals surface area contributed by atoms with Crippen LogP contribution in [0, 0.1) is 6.92 Å². The molecule has 0 aliphatic rings. The summed E-state index contributed by atoms with van der Waals surface area (Å²) >= 11 is 0. The molecule has 0 aliphatic heterocycles. The van der Waals surface area contributed by atoms with Crippen LogP contribution in [0.4, 0.5) is 0 Å². The Morgan fingerprint density at radius 3 is 2.10 bits per heavy atom. The second-order valence-corrected chi connectivity index (χ2v) is 6.79. The van der Waals surface area contributed by atoms with Crippen molar-refractivity contribution in [3.05, 3.63) is 112 Å². The van der Waals surface area contributed by atoms with Gasteiger partial charge in [-0.3, -0.25) is 14.2 Å². The van der Waals surface area contributed by atoms with Gasteiger partial charge >= 0.3 is 0 Å². The van der Waals surface area contributed by atoms with Crippen molar-refractivity contribution in [3.63, 3.8) is 0 Å². The van der Waals surface area contributed by atoms with E-state index in [1.54, 1.807) is 25.1 Å². The molecule has 1 amide bonds. The maximum Gasteiger partial charge on any atom is 0.261 e. The number of fused-ring (bicyclic) bond motifs is 1. The molecular formula is C24H20N4O2. The van der Waals surface area contributed by atoms with Crippen LogP contribution in [0.2, 0.25) is 0 Å². The Morgan fingerprint density at radius 2 is 1.47 bits per heavy atom. The number of hydrogen-bond acceptors (Lipinski definition) is 4. The molecule has 0 fully saturated rings. The van der Waals surface area contributed by atoms with E-state index in [0.29, 0.717) is 22.4 Å². The molecule has 0 atom stereocenters. The Labute approximate surface area is 173 Å². The van der Waals surface area contributed by atoms with Gasteiger partial charge in [-0.15, -0.1) is 0 Å². The number of carbonyl (C=O) groups excluding carboxylic acids is 1. The van der Waals surface area contributed by atoms with Crippen molar-refractivity contribution in [1.29, 1.82) is 0 Å². The lowest BCUT2D eigenvalue weighted by Crippen LogP contribution is -2.32. The second kappa shape index (κ2) is 8.53. The van der Waals surface area contributed by atoms with E-state index < -0.39 is 5.91 Å². The van der Waals surface area contributed by atoms with Crippen LogP contribution in [0.15, 0.2) is 94.8 Å². The summed E-state index contributed by atoms with van der Waals surface area (Å²) in [7, 11) is 0. The predicted octanol–water partition coefficient (Wildman–Crippen LogP) is 3.27. The third-order valence-corrected chi connectivity index (χ3v) is 4.74. The Bertz CT molecular complexity index is 1240. The minimum Gasteiger partial charge on any atom is -0.287 e. The molecule has 4 rings (SSSR count). The number of hydrazone groups is 1. The van der Waals surface area contributed by atoms with Crippen molar-refractivity contribution in [2.75, 3.05) is 0 Å². The van der Waals surface area contributed by atoms with Gasteiger partial charge < -0.3 is 0 Å². The molecule has 1 heterocycles. The molecule has 3 aromatic carbocycles. The molecule has 30 heavy (non-hydrogen) atoms. The van der Waals surface area contributed by atoms with Crippen LogP contribution in [0.3, 0.4) is 0 Å². The first-order valence-corrected chi connectivity index (χ1v) is 9.57. The van der Waals surface area contributed by atoms with E-state index in [1.807, 2.05) is 66.7 Å². The van der Waals surface area contributed by atoms with Crippen LogP contribution >= 0.6 is 0 Å². The van der Waals surface area contributed by atoms with E-state index in [2.05, 4.69) is 15.5 Å². The molecule has 6 nitrogen and oxygen atoms in total. The van der Waals surface area contributed by atoms with Crippen LogP contribution in [0.5, 0.6) is 0 Å². The van der Waals surface area contributed by atoms with Crippen molar-refractivity contribution in [3.8, 4) is 0 Å². The Balaban J connectivity index is 1.62. The van der Waals surface area contributed by atoms with Gasteiger partial charge in [0.1, 0.15) is 12.4 Å². The molecule has 4 aromatic rings. The van der Waals surface area contributed by atoms with Crippen molar-refractivity contribution >= 4 is 22.5 Å². The number of nitrogens with one attached hydrogen (secondary N) is 1. The van der Waals surface area contributed by atoms with E-state index in [0.717, 1.165) is 11.1 Å². The number of benzene rings is 3. The van der Waals surface area contributed by atoms with Gasteiger partial charge in [-0.2, -0.15) is 5.10 Å². The van der Waals surface area contributed by atoms with E-state index >= 15 is 0 Å². The average Bonchev–Trinajstić information content (AvgIpc) is 2.78. The first-order chi connectivity index (χ1) is 14.6. The molecule has 0 saturated heterocycles. The predicted molar refractivity (Wildman–Crippen MR) is 117 cm³/mol. The summed E-state index contributed by atoms with van der Waals surface area (Å²) in [5.41, 5.74) is 5.36. The van der Waals surface area contributed by atoms with Gasteiger partial charge in [-0.05, 0) is 19.1 Å². The highest BCUT2D eigenvalue weighted by Gasteiger charge is 2.12. The quantitative estimate of drug-likeness (QED) is 0.415. The highest BCUT2D eigenvalue weighted by Crippen LogP contribution is 2.11. The molecule has 0 radical (unpaired) electrons. The van der Waals surface area contributed by atoms with E-state index in [-0.39, 0.29) is 12.1 Å². The normalized spacial score (nSPS) is 10.6. The number of hydrogen-bond donors (Lipinski definition) is 1. The third-order valence-electron chi connectivity index (χ3n) is 4.74. The summed E-state index contributed by atoms with van der Waals surface area (Å²) in [6, 6.07) is 26.3. The van der Waals surface area contributed by atoms with Crippen LogP contribution in [0.25, 0.3) is 10.9 Å². The zero-order valence-electron chi connectivity index (χ0n) is 16.4. The molecule has 148 valence electrons. The lowest BCUT2D eigenvalue weighted by Gasteiger charge is -2.11. The van der Waals surface area contributed by atoms with Crippen LogP contribution in [-0.4, -0.2) is 21.2 Å². The molecule has 1 aromatic heterocycles. The van der Waals surface area contributed by atoms with Crippen molar-refractivity contribution < 1.29 is 4.79 Å². The van der Waals surface area contributed by atoms with Gasteiger partial charge in [0.05, 0.1) is 16.6 Å². The average molecular weight is 396 g/mol. The van der Waals surface area contributed by atoms with Crippen molar-refractivity contribution in [2.45, 2.75) is 13.5 Å². The van der Waals surface area contributed by atoms with E-state index in [4.69, 9.17) is 0 Å². The Morgan fingerprint density at radius 1 is 0.900 bits per heavy atom. The van der Waals surface area contributed by atoms with Crippen molar-refractivity contribution in [2.24, 2.45) is 5.10 Å². The van der Waals surface area contributed by atoms with Crippen LogP contribution in [0.1, 0.15) is 17.0 Å². The molecule has 0 spiro atoms. The zero-order valence-corrected chi connectivity index (χ0v) is 16.4. The monoisotopic (exact) mass is 396 g/mol. The van der Waals surface area contributed by atoms with Gasteiger partial charge in [-0.1, -0.05) is 72.8 Å². The van der Waals surface area contributed by atoms with Crippen LogP contribution in [-0.2, 0) is 11.3 Å². The number of rotatable bonds is 5. The lowest BCUT2D eigenvalue weighted by atomic mass is 10.0. The summed E-state index contributed by atoms with van der Waals surface area (Å²) in [6.45, 7) is 1.55. The van der Waals surface area contributed by atoms with Gasteiger partial charge in [0.15, 0.2) is 0 Å². The van der Waals surface area contributed by atoms with Crippen LogP contribution < -0.4 is 11.0 Å². The summed E-state index contributed by atoms with van der Waals surface area (Å²) < 4.78 is 1.36. The first kappa shape index (κ1) is 19.3. The minimum absolute atomic E-state index is 0.164. The Hall–Kier alpha value is -4.06. The van der Waals surface area contributed by atoms with Gasteiger partial charge in [0.2, 0.25) is 0 Å². The van der Waals surface area contributed by atoms with E-state index in [9.17, 15) is 9.59 Å². The molecule has 0 aliphatic carbocycles. The highest BCUT2D eigenvalue weighted by molar-refractivity contribution is 6.13. The molecule has 1 N–H and O–H groups in total. The van der Waals surface area contributed by atoms with Crippen molar-refractivity contribution in [1.82, 2.24) is 15.0 Å². The zero-order chi connectivity index (χ0) is 20.9. The summed E-state index contributed by atoms with van der Waals surface area (Å²) in [4.78, 5) is 29.8.